The molecule has 0 atom stereocenters. The summed E-state index contributed by atoms with van der Waals surface area (Å²) in [6.45, 7) is 0.367. The lowest BCUT2D eigenvalue weighted by molar-refractivity contribution is -0.122. The summed E-state index contributed by atoms with van der Waals surface area (Å²) in [5, 5.41) is 7.30. The largest absolute Gasteiger partial charge is 0.467 e. The Morgan fingerprint density at radius 1 is 1.24 bits per heavy atom. The van der Waals surface area contributed by atoms with Crippen molar-refractivity contribution >= 4 is 16.8 Å². The molecule has 0 radical (unpaired) electrons. The van der Waals surface area contributed by atoms with Gasteiger partial charge in [0.2, 0.25) is 11.3 Å². The van der Waals surface area contributed by atoms with E-state index in [4.69, 9.17) is 4.42 Å². The topological polar surface area (TPSA) is 77.1 Å². The molecule has 1 N–H and O–H groups in total. The number of rotatable bonds is 4. The number of hydrogen-bond donors (Lipinski definition) is 1. The molecule has 0 fully saturated rings. The summed E-state index contributed by atoms with van der Waals surface area (Å²) in [6, 6.07) is 10.6. The number of carbonyl (C=O) groups excluding carboxylic acids is 1. The highest BCUT2D eigenvalue weighted by Crippen LogP contribution is 2.07. The van der Waals surface area contributed by atoms with Gasteiger partial charge in [-0.15, -0.1) is 0 Å². The molecule has 0 saturated heterocycles. The molecule has 0 spiro atoms. The predicted molar refractivity (Wildman–Crippen MR) is 76.6 cm³/mol. The average Bonchev–Trinajstić information content (AvgIpc) is 3.02. The highest BCUT2D eigenvalue weighted by molar-refractivity contribution is 5.81. The van der Waals surface area contributed by atoms with Gasteiger partial charge in [-0.05, 0) is 24.3 Å². The van der Waals surface area contributed by atoms with Crippen molar-refractivity contribution in [2.45, 2.75) is 13.1 Å². The molecule has 2 heterocycles. The van der Waals surface area contributed by atoms with Crippen molar-refractivity contribution in [2.24, 2.45) is 0 Å². The number of furan rings is 1. The number of aromatic nitrogens is 2. The van der Waals surface area contributed by atoms with Crippen molar-refractivity contribution in [3.05, 3.63) is 64.8 Å². The first-order valence-corrected chi connectivity index (χ1v) is 6.48. The molecule has 1 amide bonds. The van der Waals surface area contributed by atoms with Crippen molar-refractivity contribution < 1.29 is 9.21 Å². The maximum atomic E-state index is 11.9. The van der Waals surface area contributed by atoms with Crippen LogP contribution < -0.4 is 10.7 Å². The van der Waals surface area contributed by atoms with Crippen LogP contribution in [0.4, 0.5) is 0 Å². The first kappa shape index (κ1) is 13.1. The van der Waals surface area contributed by atoms with E-state index in [1.165, 1.54) is 10.9 Å². The molecule has 21 heavy (non-hydrogen) atoms. The quantitative estimate of drug-likeness (QED) is 0.783. The van der Waals surface area contributed by atoms with Crippen molar-refractivity contribution in [3.8, 4) is 0 Å². The first-order valence-electron chi connectivity index (χ1n) is 6.48. The number of fused-ring (bicyclic) bond motifs is 1. The molecule has 0 unspecified atom stereocenters. The van der Waals surface area contributed by atoms with Crippen LogP contribution in [-0.2, 0) is 17.9 Å². The Bertz CT molecular complexity index is 822. The standard InChI is InChI=1S/C15H13N3O3/c19-14-9-17-18(13-6-2-1-5-12(13)14)10-15(20)16-8-11-4-3-7-21-11/h1-7,9H,8,10H2,(H,16,20). The van der Waals surface area contributed by atoms with Crippen molar-refractivity contribution in [3.63, 3.8) is 0 Å². The molecular weight excluding hydrogens is 270 g/mol. The molecule has 0 aliphatic heterocycles. The highest BCUT2D eigenvalue weighted by atomic mass is 16.3. The SMILES string of the molecule is O=C(Cn1ncc(=O)c2ccccc21)NCc1ccco1. The normalized spacial score (nSPS) is 10.7. The van der Waals surface area contributed by atoms with Crippen LogP contribution in [0, 0.1) is 0 Å². The van der Waals surface area contributed by atoms with Gasteiger partial charge in [0.05, 0.1) is 24.5 Å². The van der Waals surface area contributed by atoms with E-state index in [0.29, 0.717) is 23.2 Å². The molecule has 0 aliphatic carbocycles. The second kappa shape index (κ2) is 5.62. The van der Waals surface area contributed by atoms with Crippen molar-refractivity contribution in [2.75, 3.05) is 0 Å². The summed E-state index contributed by atoms with van der Waals surface area (Å²) in [5.74, 6) is 0.480. The van der Waals surface area contributed by atoms with Gasteiger partial charge in [-0.2, -0.15) is 5.10 Å². The Morgan fingerprint density at radius 3 is 2.90 bits per heavy atom. The lowest BCUT2D eigenvalue weighted by atomic mass is 10.2. The number of hydrogen-bond acceptors (Lipinski definition) is 4. The predicted octanol–water partition coefficient (Wildman–Crippen LogP) is 1.31. The minimum atomic E-state index is -0.201. The van der Waals surface area contributed by atoms with E-state index in [-0.39, 0.29) is 17.9 Å². The minimum Gasteiger partial charge on any atom is -0.467 e. The Morgan fingerprint density at radius 2 is 2.10 bits per heavy atom. The number of nitrogens with zero attached hydrogens (tertiary/aromatic N) is 2. The van der Waals surface area contributed by atoms with E-state index in [1.807, 2.05) is 0 Å². The Balaban J connectivity index is 1.77. The average molecular weight is 283 g/mol. The molecule has 2 aromatic heterocycles. The van der Waals surface area contributed by atoms with Gasteiger partial charge in [0, 0.05) is 5.39 Å². The molecule has 0 aliphatic rings. The van der Waals surface area contributed by atoms with E-state index in [0.717, 1.165) is 0 Å². The molecule has 6 heteroatoms. The molecule has 3 rings (SSSR count). The summed E-state index contributed by atoms with van der Waals surface area (Å²) >= 11 is 0. The smallest absolute Gasteiger partial charge is 0.242 e. The van der Waals surface area contributed by atoms with Gasteiger partial charge in [0.15, 0.2) is 0 Å². The fraction of sp³-hybridized carbons (Fsp3) is 0.133. The maximum Gasteiger partial charge on any atom is 0.242 e. The summed E-state index contributed by atoms with van der Waals surface area (Å²) in [6.07, 6.45) is 2.78. The van der Waals surface area contributed by atoms with E-state index < -0.39 is 0 Å². The van der Waals surface area contributed by atoms with Gasteiger partial charge in [0.25, 0.3) is 0 Å². The zero-order chi connectivity index (χ0) is 14.7. The number of nitrogens with one attached hydrogen (secondary N) is 1. The van der Waals surface area contributed by atoms with Crippen LogP contribution in [0.25, 0.3) is 10.9 Å². The second-order valence-corrected chi connectivity index (χ2v) is 4.54. The molecule has 6 nitrogen and oxygen atoms in total. The number of para-hydroxylation sites is 1. The van der Waals surface area contributed by atoms with Crippen LogP contribution >= 0.6 is 0 Å². The number of amides is 1. The zero-order valence-electron chi connectivity index (χ0n) is 11.2. The van der Waals surface area contributed by atoms with Crippen LogP contribution in [0.1, 0.15) is 5.76 Å². The highest BCUT2D eigenvalue weighted by Gasteiger charge is 2.08. The summed E-state index contributed by atoms with van der Waals surface area (Å²) < 4.78 is 6.65. The third-order valence-electron chi connectivity index (χ3n) is 3.10. The third kappa shape index (κ3) is 2.84. The summed E-state index contributed by atoms with van der Waals surface area (Å²) in [7, 11) is 0. The molecule has 106 valence electrons. The number of benzene rings is 1. The van der Waals surface area contributed by atoms with Gasteiger partial charge in [-0.3, -0.25) is 14.3 Å². The molecular formula is C15H13N3O3. The van der Waals surface area contributed by atoms with Gasteiger partial charge >= 0.3 is 0 Å². The lowest BCUT2D eigenvalue weighted by Crippen LogP contribution is -2.28. The second-order valence-electron chi connectivity index (χ2n) is 4.54. The van der Waals surface area contributed by atoms with E-state index >= 15 is 0 Å². The lowest BCUT2D eigenvalue weighted by Gasteiger charge is -2.09. The maximum absolute atomic E-state index is 11.9. The molecule has 3 aromatic rings. The van der Waals surface area contributed by atoms with Crippen molar-refractivity contribution in [1.29, 1.82) is 0 Å². The van der Waals surface area contributed by atoms with Gasteiger partial charge in [0.1, 0.15) is 12.3 Å². The van der Waals surface area contributed by atoms with Gasteiger partial charge in [-0.1, -0.05) is 12.1 Å². The van der Waals surface area contributed by atoms with Crippen LogP contribution in [0.15, 0.2) is 58.1 Å². The minimum absolute atomic E-state index is 0.0432. The van der Waals surface area contributed by atoms with Crippen LogP contribution in [0.5, 0.6) is 0 Å². The van der Waals surface area contributed by atoms with E-state index in [1.54, 1.807) is 42.7 Å². The monoisotopic (exact) mass is 283 g/mol. The van der Waals surface area contributed by atoms with Crippen LogP contribution in [-0.4, -0.2) is 15.7 Å². The summed E-state index contributed by atoms with van der Waals surface area (Å²) in [5.41, 5.74) is 0.482. The summed E-state index contributed by atoms with van der Waals surface area (Å²) in [4.78, 5) is 23.7. The van der Waals surface area contributed by atoms with Gasteiger partial charge in [-0.25, -0.2) is 0 Å². The fourth-order valence-electron chi connectivity index (χ4n) is 2.08. The molecule has 0 saturated carbocycles. The number of carbonyl (C=O) groups is 1. The van der Waals surface area contributed by atoms with Crippen LogP contribution in [0.2, 0.25) is 0 Å². The Hall–Kier alpha value is -2.89. The zero-order valence-corrected chi connectivity index (χ0v) is 11.2. The first-order chi connectivity index (χ1) is 10.2. The third-order valence-corrected chi connectivity index (χ3v) is 3.10. The molecule has 0 bridgehead atoms. The Labute approximate surface area is 120 Å². The van der Waals surface area contributed by atoms with Crippen LogP contribution in [0.3, 0.4) is 0 Å². The van der Waals surface area contributed by atoms with E-state index in [2.05, 4.69) is 10.4 Å². The van der Waals surface area contributed by atoms with Gasteiger partial charge < -0.3 is 9.73 Å². The van der Waals surface area contributed by atoms with E-state index in [9.17, 15) is 9.59 Å². The fourth-order valence-corrected chi connectivity index (χ4v) is 2.08. The molecule has 1 aromatic carbocycles. The Kier molecular flexibility index (Phi) is 3.51. The van der Waals surface area contributed by atoms with Crippen molar-refractivity contribution in [1.82, 2.24) is 15.1 Å².